The van der Waals surface area contributed by atoms with Crippen LogP contribution >= 0.6 is 0 Å². The number of hydrogen-bond acceptors (Lipinski definition) is 3. The van der Waals surface area contributed by atoms with E-state index in [4.69, 9.17) is 0 Å². The zero-order valence-corrected chi connectivity index (χ0v) is 10.3. The van der Waals surface area contributed by atoms with E-state index in [2.05, 4.69) is 10.6 Å². The molecule has 0 rings (SSSR count). The van der Waals surface area contributed by atoms with E-state index in [-0.39, 0.29) is 11.8 Å². The highest BCUT2D eigenvalue weighted by Crippen LogP contribution is 2.06. The van der Waals surface area contributed by atoms with Crippen molar-refractivity contribution in [2.45, 2.75) is 39.7 Å². The van der Waals surface area contributed by atoms with Crippen molar-refractivity contribution < 1.29 is 9.90 Å². The fraction of sp³-hybridized carbons (Fsp3) is 0.909. The molecule has 0 aromatic rings. The smallest absolute Gasteiger partial charge is 0.224 e. The third kappa shape index (κ3) is 6.47. The zero-order chi connectivity index (χ0) is 11.9. The monoisotopic (exact) mass is 216 g/mol. The summed E-state index contributed by atoms with van der Waals surface area (Å²) in [4.78, 5) is 11.5. The number of aliphatic hydroxyl groups is 1. The highest BCUT2D eigenvalue weighted by Gasteiger charge is 2.20. The van der Waals surface area contributed by atoms with E-state index < -0.39 is 5.60 Å². The number of hydrogen-bond donors (Lipinski definition) is 3. The Bertz CT molecular complexity index is 193. The first-order chi connectivity index (χ1) is 6.93. The number of carbonyl (C=O) groups is 1. The summed E-state index contributed by atoms with van der Waals surface area (Å²) in [6.45, 7) is 9.36. The van der Waals surface area contributed by atoms with Crippen LogP contribution in [0.2, 0.25) is 0 Å². The molecule has 0 radical (unpaired) electrons. The lowest BCUT2D eigenvalue weighted by Gasteiger charge is -2.22. The molecule has 0 saturated carbocycles. The Morgan fingerprint density at radius 2 is 2.07 bits per heavy atom. The van der Waals surface area contributed by atoms with E-state index in [1.165, 1.54) is 0 Å². The first-order valence-corrected chi connectivity index (χ1v) is 5.63. The summed E-state index contributed by atoms with van der Waals surface area (Å²) in [5, 5.41) is 15.6. The quantitative estimate of drug-likeness (QED) is 0.581. The molecule has 0 aliphatic rings. The molecule has 0 bridgehead atoms. The van der Waals surface area contributed by atoms with Gasteiger partial charge in [-0.1, -0.05) is 20.8 Å². The summed E-state index contributed by atoms with van der Waals surface area (Å²) in [5.41, 5.74) is -0.798. The van der Waals surface area contributed by atoms with Gasteiger partial charge in [-0.3, -0.25) is 4.79 Å². The Kier molecular flexibility index (Phi) is 6.52. The summed E-state index contributed by atoms with van der Waals surface area (Å²) >= 11 is 0. The summed E-state index contributed by atoms with van der Waals surface area (Å²) in [6, 6.07) is 0. The Balaban J connectivity index is 3.82. The molecule has 15 heavy (non-hydrogen) atoms. The van der Waals surface area contributed by atoms with Crippen molar-refractivity contribution in [3.8, 4) is 0 Å². The third-order valence-electron chi connectivity index (χ3n) is 2.55. The number of carbonyl (C=O) groups excluding carboxylic acids is 1. The van der Waals surface area contributed by atoms with Crippen LogP contribution in [0.25, 0.3) is 0 Å². The third-order valence-corrected chi connectivity index (χ3v) is 2.55. The normalized spacial score (nSPS) is 16.9. The lowest BCUT2D eigenvalue weighted by molar-refractivity contribution is -0.125. The number of rotatable bonds is 7. The molecule has 0 aromatic carbocycles. The van der Waals surface area contributed by atoms with Gasteiger partial charge in [0.15, 0.2) is 0 Å². The molecule has 0 aromatic heterocycles. The van der Waals surface area contributed by atoms with Crippen molar-refractivity contribution in [3.05, 3.63) is 0 Å². The van der Waals surface area contributed by atoms with Gasteiger partial charge in [-0.05, 0) is 19.9 Å². The molecule has 2 atom stereocenters. The molecule has 0 aliphatic carbocycles. The second kappa shape index (κ2) is 6.80. The van der Waals surface area contributed by atoms with Crippen LogP contribution in [0.5, 0.6) is 0 Å². The first-order valence-electron chi connectivity index (χ1n) is 5.63. The predicted octanol–water partition coefficient (Wildman–Crippen LogP) is 0.509. The van der Waals surface area contributed by atoms with Crippen LogP contribution in [0.3, 0.4) is 0 Å². The summed E-state index contributed by atoms with van der Waals surface area (Å²) in [6.07, 6.45) is 0.634. The van der Waals surface area contributed by atoms with Crippen molar-refractivity contribution in [2.24, 2.45) is 5.92 Å². The van der Waals surface area contributed by atoms with Crippen LogP contribution in [0.4, 0.5) is 0 Å². The van der Waals surface area contributed by atoms with Crippen LogP contribution < -0.4 is 10.6 Å². The average molecular weight is 216 g/mol. The van der Waals surface area contributed by atoms with Crippen LogP contribution in [-0.2, 0) is 4.79 Å². The minimum absolute atomic E-state index is 0.00956. The summed E-state index contributed by atoms with van der Waals surface area (Å²) in [7, 11) is 0. The van der Waals surface area contributed by atoms with Crippen molar-refractivity contribution in [3.63, 3.8) is 0 Å². The van der Waals surface area contributed by atoms with Gasteiger partial charge in [0.2, 0.25) is 5.91 Å². The lowest BCUT2D eigenvalue weighted by Crippen LogP contribution is -2.43. The molecule has 0 aliphatic heterocycles. The lowest BCUT2D eigenvalue weighted by atomic mass is 10.0. The van der Waals surface area contributed by atoms with Gasteiger partial charge < -0.3 is 15.7 Å². The standard InChI is InChI=1S/C11H24N2O2/c1-5-11(4,15)8-13-10(14)9(3)7-12-6-2/h9,12,15H,5-8H2,1-4H3,(H,13,14). The molecule has 0 heterocycles. The predicted molar refractivity (Wildman–Crippen MR) is 61.6 cm³/mol. The van der Waals surface area contributed by atoms with Crippen LogP contribution in [0.1, 0.15) is 34.1 Å². The maximum absolute atomic E-state index is 11.5. The molecule has 0 saturated heterocycles. The second-order valence-corrected chi connectivity index (χ2v) is 4.28. The van der Waals surface area contributed by atoms with Crippen molar-refractivity contribution in [2.75, 3.05) is 19.6 Å². The van der Waals surface area contributed by atoms with E-state index in [1.807, 2.05) is 20.8 Å². The Morgan fingerprint density at radius 1 is 1.47 bits per heavy atom. The van der Waals surface area contributed by atoms with Crippen LogP contribution in [0, 0.1) is 5.92 Å². The molecular weight excluding hydrogens is 192 g/mol. The second-order valence-electron chi connectivity index (χ2n) is 4.28. The Hall–Kier alpha value is -0.610. The minimum Gasteiger partial charge on any atom is -0.388 e. The summed E-state index contributed by atoms with van der Waals surface area (Å²) < 4.78 is 0. The van der Waals surface area contributed by atoms with Gasteiger partial charge in [0, 0.05) is 19.0 Å². The number of amides is 1. The molecule has 4 nitrogen and oxygen atoms in total. The van der Waals surface area contributed by atoms with Gasteiger partial charge in [-0.25, -0.2) is 0 Å². The molecule has 2 unspecified atom stereocenters. The summed E-state index contributed by atoms with van der Waals surface area (Å²) in [5.74, 6) is -0.0673. The number of nitrogens with one attached hydrogen (secondary N) is 2. The fourth-order valence-corrected chi connectivity index (χ4v) is 1.03. The SMILES string of the molecule is CCNCC(C)C(=O)NCC(C)(O)CC. The first kappa shape index (κ1) is 14.4. The Morgan fingerprint density at radius 3 is 2.53 bits per heavy atom. The molecule has 0 fully saturated rings. The van der Waals surface area contributed by atoms with Gasteiger partial charge in [0.05, 0.1) is 5.60 Å². The van der Waals surface area contributed by atoms with Crippen molar-refractivity contribution >= 4 is 5.91 Å². The van der Waals surface area contributed by atoms with Crippen molar-refractivity contribution in [1.82, 2.24) is 10.6 Å². The highest BCUT2D eigenvalue weighted by molar-refractivity contribution is 5.78. The maximum atomic E-state index is 11.5. The van der Waals surface area contributed by atoms with E-state index >= 15 is 0 Å². The average Bonchev–Trinajstić information content (AvgIpc) is 2.22. The van der Waals surface area contributed by atoms with Gasteiger partial charge in [-0.15, -0.1) is 0 Å². The topological polar surface area (TPSA) is 61.4 Å². The van der Waals surface area contributed by atoms with Gasteiger partial charge in [-0.2, -0.15) is 0 Å². The molecule has 1 amide bonds. The van der Waals surface area contributed by atoms with Crippen molar-refractivity contribution in [1.29, 1.82) is 0 Å². The van der Waals surface area contributed by atoms with E-state index in [1.54, 1.807) is 6.92 Å². The molecule has 90 valence electrons. The molecule has 0 spiro atoms. The molecule has 3 N–H and O–H groups in total. The largest absolute Gasteiger partial charge is 0.388 e. The maximum Gasteiger partial charge on any atom is 0.224 e. The van der Waals surface area contributed by atoms with Gasteiger partial charge in [0.25, 0.3) is 0 Å². The van der Waals surface area contributed by atoms with Gasteiger partial charge >= 0.3 is 0 Å². The van der Waals surface area contributed by atoms with Crippen LogP contribution in [-0.4, -0.2) is 36.2 Å². The van der Waals surface area contributed by atoms with Crippen LogP contribution in [0.15, 0.2) is 0 Å². The van der Waals surface area contributed by atoms with E-state index in [9.17, 15) is 9.90 Å². The fourth-order valence-electron chi connectivity index (χ4n) is 1.03. The van der Waals surface area contributed by atoms with E-state index in [0.717, 1.165) is 6.54 Å². The molecule has 4 heteroatoms. The molecular formula is C11H24N2O2. The van der Waals surface area contributed by atoms with Gasteiger partial charge in [0.1, 0.15) is 0 Å². The minimum atomic E-state index is -0.798. The Labute approximate surface area is 92.4 Å². The van der Waals surface area contributed by atoms with E-state index in [0.29, 0.717) is 19.5 Å². The highest BCUT2D eigenvalue weighted by atomic mass is 16.3. The zero-order valence-electron chi connectivity index (χ0n) is 10.3.